The zero-order valence-corrected chi connectivity index (χ0v) is 13.9. The van der Waals surface area contributed by atoms with E-state index in [1.807, 2.05) is 0 Å². The van der Waals surface area contributed by atoms with Crippen LogP contribution in [0.25, 0.3) is 0 Å². The van der Waals surface area contributed by atoms with Gasteiger partial charge in [-0.05, 0) is 12.8 Å². The Hall–Kier alpha value is -2.89. The molecule has 0 aliphatic rings. The van der Waals surface area contributed by atoms with Crippen LogP contribution in [0.15, 0.2) is 4.99 Å². The largest absolute Gasteiger partial charge is 0.480 e. The molecule has 12 nitrogen and oxygen atoms in total. The van der Waals surface area contributed by atoms with Crippen LogP contribution >= 0.6 is 0 Å². The number of hydrogen-bond acceptors (Lipinski definition) is 7. The molecule has 0 bridgehead atoms. The Bertz CT molecular complexity index is 519. The van der Waals surface area contributed by atoms with Gasteiger partial charge in [-0.2, -0.15) is 0 Å². The second-order valence-corrected chi connectivity index (χ2v) is 5.01. The van der Waals surface area contributed by atoms with Gasteiger partial charge in [-0.15, -0.1) is 0 Å². The number of aliphatic imine (C=N–C) groups is 1. The van der Waals surface area contributed by atoms with Gasteiger partial charge in [-0.25, -0.2) is 4.79 Å². The van der Waals surface area contributed by atoms with Crippen LogP contribution in [0.2, 0.25) is 0 Å². The standard InChI is InChI=1S/C13H24N6O6/c1-25-10(21)5-8(12(23)24)19-9(20)6-18-11(22)7(14)3-2-4-17-13(15)16/h7-8H,2-6,14H2,1H3,(H,18,22)(H,19,20)(H,23,24)(H4,15,16,17). The van der Waals surface area contributed by atoms with Crippen molar-refractivity contribution < 1.29 is 29.0 Å². The van der Waals surface area contributed by atoms with E-state index >= 15 is 0 Å². The number of nitrogens with zero attached hydrogens (tertiary/aromatic N) is 1. The van der Waals surface area contributed by atoms with E-state index in [1.54, 1.807) is 0 Å². The number of ether oxygens (including phenoxy) is 1. The molecular weight excluding hydrogens is 336 g/mol. The number of carboxylic acids is 1. The summed E-state index contributed by atoms with van der Waals surface area (Å²) in [5, 5.41) is 13.3. The van der Waals surface area contributed by atoms with E-state index in [2.05, 4.69) is 20.4 Å². The molecule has 0 aliphatic carbocycles. The van der Waals surface area contributed by atoms with Crippen molar-refractivity contribution in [2.45, 2.75) is 31.3 Å². The predicted octanol–water partition coefficient (Wildman–Crippen LogP) is -3.38. The van der Waals surface area contributed by atoms with Crippen molar-refractivity contribution in [2.24, 2.45) is 22.2 Å². The van der Waals surface area contributed by atoms with Gasteiger partial charge in [0, 0.05) is 6.54 Å². The van der Waals surface area contributed by atoms with Crippen molar-refractivity contribution in [3.8, 4) is 0 Å². The Kier molecular flexibility index (Phi) is 10.3. The van der Waals surface area contributed by atoms with Gasteiger partial charge in [0.1, 0.15) is 6.04 Å². The van der Waals surface area contributed by atoms with Crippen molar-refractivity contribution in [3.05, 3.63) is 0 Å². The maximum absolute atomic E-state index is 11.7. The Morgan fingerprint density at radius 1 is 1.24 bits per heavy atom. The second-order valence-electron chi connectivity index (χ2n) is 5.01. The van der Waals surface area contributed by atoms with E-state index in [9.17, 15) is 19.2 Å². The highest BCUT2D eigenvalue weighted by molar-refractivity contribution is 5.90. The molecule has 0 aromatic carbocycles. The number of nitrogens with one attached hydrogen (secondary N) is 2. The molecule has 0 fully saturated rings. The SMILES string of the molecule is COC(=O)CC(NC(=O)CNC(=O)C(N)CCCN=C(N)N)C(=O)O. The summed E-state index contributed by atoms with van der Waals surface area (Å²) in [7, 11) is 1.10. The highest BCUT2D eigenvalue weighted by atomic mass is 16.5. The van der Waals surface area contributed by atoms with E-state index in [0.717, 1.165) is 7.11 Å². The van der Waals surface area contributed by atoms with Crippen LogP contribution < -0.4 is 27.8 Å². The monoisotopic (exact) mass is 360 g/mol. The van der Waals surface area contributed by atoms with Gasteiger partial charge in [0.25, 0.3) is 0 Å². The lowest BCUT2D eigenvalue weighted by Gasteiger charge is -2.15. The predicted molar refractivity (Wildman–Crippen MR) is 87.1 cm³/mol. The van der Waals surface area contributed by atoms with Crippen LogP contribution in [0.3, 0.4) is 0 Å². The van der Waals surface area contributed by atoms with Crippen molar-refractivity contribution in [2.75, 3.05) is 20.2 Å². The molecule has 0 aromatic rings. The molecular formula is C13H24N6O6. The van der Waals surface area contributed by atoms with E-state index in [4.69, 9.17) is 22.3 Å². The van der Waals surface area contributed by atoms with Crippen LogP contribution in [-0.4, -0.2) is 67.1 Å². The van der Waals surface area contributed by atoms with E-state index in [-0.39, 0.29) is 5.96 Å². The van der Waals surface area contributed by atoms with E-state index in [1.165, 1.54) is 0 Å². The highest BCUT2D eigenvalue weighted by Gasteiger charge is 2.24. The number of nitrogens with two attached hydrogens (primary N) is 3. The number of carbonyl (C=O) groups excluding carboxylic acids is 3. The first-order valence-electron chi connectivity index (χ1n) is 7.35. The lowest BCUT2D eigenvalue weighted by Crippen LogP contribution is -2.49. The van der Waals surface area contributed by atoms with E-state index in [0.29, 0.717) is 19.4 Å². The number of carbonyl (C=O) groups is 4. The number of guanidine groups is 1. The Labute approximate surface area is 144 Å². The second kappa shape index (κ2) is 11.6. The first-order valence-corrected chi connectivity index (χ1v) is 7.35. The fraction of sp³-hybridized carbons (Fsp3) is 0.615. The maximum Gasteiger partial charge on any atom is 0.326 e. The van der Waals surface area contributed by atoms with Crippen LogP contribution in [0, 0.1) is 0 Å². The lowest BCUT2D eigenvalue weighted by atomic mass is 10.1. The zero-order valence-electron chi connectivity index (χ0n) is 13.9. The molecule has 0 spiro atoms. The third-order valence-corrected chi connectivity index (χ3v) is 2.96. The maximum atomic E-state index is 11.7. The number of hydrogen-bond donors (Lipinski definition) is 6. The average Bonchev–Trinajstić information content (AvgIpc) is 2.55. The van der Waals surface area contributed by atoms with Crippen LogP contribution in [0.1, 0.15) is 19.3 Å². The molecule has 0 saturated heterocycles. The molecule has 0 rings (SSSR count). The molecule has 2 amide bonds. The topological polar surface area (TPSA) is 212 Å². The molecule has 25 heavy (non-hydrogen) atoms. The van der Waals surface area contributed by atoms with Crippen LogP contribution in [0.4, 0.5) is 0 Å². The van der Waals surface area contributed by atoms with Crippen LogP contribution in [0.5, 0.6) is 0 Å². The number of esters is 1. The van der Waals surface area contributed by atoms with Crippen molar-refractivity contribution in [3.63, 3.8) is 0 Å². The quantitative estimate of drug-likeness (QED) is 0.0936. The molecule has 0 heterocycles. The Morgan fingerprint density at radius 2 is 1.88 bits per heavy atom. The summed E-state index contributed by atoms with van der Waals surface area (Å²) in [5.74, 6) is -3.62. The summed E-state index contributed by atoms with van der Waals surface area (Å²) in [6, 6.07) is -2.32. The molecule has 0 aliphatic heterocycles. The van der Waals surface area contributed by atoms with Crippen LogP contribution in [-0.2, 0) is 23.9 Å². The molecule has 0 aromatic heterocycles. The molecule has 12 heteroatoms. The molecule has 0 radical (unpaired) electrons. The molecule has 9 N–H and O–H groups in total. The fourth-order valence-corrected chi connectivity index (χ4v) is 1.64. The third-order valence-electron chi connectivity index (χ3n) is 2.96. The molecule has 2 atom stereocenters. The van der Waals surface area contributed by atoms with Gasteiger partial charge in [0.2, 0.25) is 11.8 Å². The van der Waals surface area contributed by atoms with Gasteiger partial charge in [0.05, 0.1) is 26.1 Å². The van der Waals surface area contributed by atoms with Crippen molar-refractivity contribution in [1.82, 2.24) is 10.6 Å². The summed E-state index contributed by atoms with van der Waals surface area (Å²) in [6.07, 6.45) is 0.235. The molecule has 0 saturated carbocycles. The summed E-state index contributed by atoms with van der Waals surface area (Å²) >= 11 is 0. The number of methoxy groups -OCH3 is 1. The number of rotatable bonds is 11. The summed E-state index contributed by atoms with van der Waals surface area (Å²) in [5.41, 5.74) is 15.9. The van der Waals surface area contributed by atoms with Gasteiger partial charge in [-0.1, -0.05) is 0 Å². The fourth-order valence-electron chi connectivity index (χ4n) is 1.64. The molecule has 142 valence electrons. The Balaban J connectivity index is 4.24. The van der Waals surface area contributed by atoms with Gasteiger partial charge < -0.3 is 37.7 Å². The Morgan fingerprint density at radius 3 is 2.40 bits per heavy atom. The van der Waals surface area contributed by atoms with Gasteiger partial charge in [-0.3, -0.25) is 19.4 Å². The minimum atomic E-state index is -1.45. The summed E-state index contributed by atoms with van der Waals surface area (Å²) < 4.78 is 4.34. The lowest BCUT2D eigenvalue weighted by molar-refractivity contribution is -0.148. The zero-order chi connectivity index (χ0) is 19.4. The average molecular weight is 360 g/mol. The molecule has 2 unspecified atom stereocenters. The first-order chi connectivity index (χ1) is 11.7. The minimum absolute atomic E-state index is 0.0605. The van der Waals surface area contributed by atoms with Gasteiger partial charge >= 0.3 is 11.9 Å². The third kappa shape index (κ3) is 10.5. The van der Waals surface area contributed by atoms with Crippen molar-refractivity contribution in [1.29, 1.82) is 0 Å². The first kappa shape index (κ1) is 22.1. The summed E-state index contributed by atoms with van der Waals surface area (Å²) in [6.45, 7) is -0.164. The van der Waals surface area contributed by atoms with Gasteiger partial charge in [0.15, 0.2) is 5.96 Å². The normalized spacial score (nSPS) is 12.4. The smallest absolute Gasteiger partial charge is 0.326 e. The van der Waals surface area contributed by atoms with Crippen molar-refractivity contribution >= 4 is 29.7 Å². The minimum Gasteiger partial charge on any atom is -0.480 e. The summed E-state index contributed by atoms with van der Waals surface area (Å²) in [4.78, 5) is 49.2. The number of amides is 2. The number of aliphatic carboxylic acids is 1. The highest BCUT2D eigenvalue weighted by Crippen LogP contribution is 1.96. The number of carboxylic acid groups (broad SMARTS) is 1. The van der Waals surface area contributed by atoms with E-state index < -0.39 is 48.8 Å².